The maximum absolute atomic E-state index is 12.7. The van der Waals surface area contributed by atoms with E-state index in [1.165, 1.54) is 0 Å². The van der Waals surface area contributed by atoms with Gasteiger partial charge >= 0.3 is 5.97 Å². The number of cyclic esters (lactones) is 1. The van der Waals surface area contributed by atoms with Gasteiger partial charge in [0.1, 0.15) is 17.1 Å². The second-order valence-corrected chi connectivity index (χ2v) is 9.02. The molecule has 0 aromatic heterocycles. The molecule has 182 valence electrons. The minimum Gasteiger partial charge on any atom is -0.507 e. The lowest BCUT2D eigenvalue weighted by Crippen LogP contribution is -2.37. The molecule has 9 heteroatoms. The number of phenolic OH excluding ortho intramolecular Hbond substituents is 2. The van der Waals surface area contributed by atoms with Crippen LogP contribution in [0.25, 0.3) is 0 Å². The zero-order valence-corrected chi connectivity index (χ0v) is 19.7. The number of likely N-dealkylation sites (tertiary alicyclic amines) is 1. The largest absolute Gasteiger partial charge is 0.507 e. The van der Waals surface area contributed by atoms with Crippen LogP contribution in [0, 0.1) is 0 Å². The third kappa shape index (κ3) is 7.25. The number of benzene rings is 1. The first-order chi connectivity index (χ1) is 16.0. The smallest absolute Gasteiger partial charge is 0.342 e. The standard InChI is InChI=1S/C24H33ClN2O6/c25-23-18-14-17(26-33-16-21(30)27-11-7-5-8-12-27)10-6-3-1-2-4-9-13-32-24(31)22(18)19(28)15-20(23)29/h15,28-29H,1-14,16H2/b26-17-. The molecule has 2 heterocycles. The molecule has 2 aliphatic heterocycles. The first kappa shape index (κ1) is 25.1. The second-order valence-electron chi connectivity index (χ2n) is 8.64. The third-order valence-electron chi connectivity index (χ3n) is 6.09. The van der Waals surface area contributed by atoms with Crippen LogP contribution >= 0.6 is 11.6 Å². The zero-order valence-electron chi connectivity index (χ0n) is 19.0. The molecule has 0 unspecified atom stereocenters. The van der Waals surface area contributed by atoms with Crippen molar-refractivity contribution in [2.24, 2.45) is 5.16 Å². The van der Waals surface area contributed by atoms with Crippen molar-refractivity contribution in [3.8, 4) is 11.5 Å². The number of hydrogen-bond acceptors (Lipinski definition) is 7. The number of amides is 1. The van der Waals surface area contributed by atoms with Gasteiger partial charge in [-0.1, -0.05) is 42.4 Å². The van der Waals surface area contributed by atoms with Gasteiger partial charge in [-0.2, -0.15) is 0 Å². The van der Waals surface area contributed by atoms with E-state index in [0.29, 0.717) is 12.1 Å². The maximum atomic E-state index is 12.7. The van der Waals surface area contributed by atoms with Crippen molar-refractivity contribution in [1.82, 2.24) is 4.90 Å². The van der Waals surface area contributed by atoms with Gasteiger partial charge in [-0.25, -0.2) is 4.79 Å². The number of carbonyl (C=O) groups excluding carboxylic acids is 2. The highest BCUT2D eigenvalue weighted by atomic mass is 35.5. The Balaban J connectivity index is 1.81. The van der Waals surface area contributed by atoms with Crippen molar-refractivity contribution in [3.05, 3.63) is 22.2 Å². The molecule has 8 nitrogen and oxygen atoms in total. The molecular weight excluding hydrogens is 448 g/mol. The summed E-state index contributed by atoms with van der Waals surface area (Å²) in [6.45, 7) is 1.57. The summed E-state index contributed by atoms with van der Waals surface area (Å²) in [4.78, 5) is 32.3. The first-order valence-corrected chi connectivity index (χ1v) is 12.2. The lowest BCUT2D eigenvalue weighted by Gasteiger charge is -2.26. The molecule has 3 rings (SSSR count). The Labute approximate surface area is 199 Å². The van der Waals surface area contributed by atoms with Gasteiger partial charge in [0, 0.05) is 25.6 Å². The summed E-state index contributed by atoms with van der Waals surface area (Å²) in [6, 6.07) is 1.04. The van der Waals surface area contributed by atoms with Gasteiger partial charge < -0.3 is 24.7 Å². The van der Waals surface area contributed by atoms with Crippen molar-refractivity contribution in [3.63, 3.8) is 0 Å². The summed E-state index contributed by atoms with van der Waals surface area (Å²) in [7, 11) is 0. The number of halogens is 1. The number of esters is 1. The van der Waals surface area contributed by atoms with Gasteiger partial charge in [0.25, 0.3) is 5.91 Å². The minimum atomic E-state index is -0.693. The van der Waals surface area contributed by atoms with Crippen molar-refractivity contribution in [1.29, 1.82) is 0 Å². The maximum Gasteiger partial charge on any atom is 0.342 e. The fourth-order valence-electron chi connectivity index (χ4n) is 4.24. The Morgan fingerprint density at radius 1 is 1.03 bits per heavy atom. The average molecular weight is 481 g/mol. The number of phenols is 2. The highest BCUT2D eigenvalue weighted by Gasteiger charge is 2.25. The Bertz CT molecular complexity index is 867. The lowest BCUT2D eigenvalue weighted by molar-refractivity contribution is -0.137. The van der Waals surface area contributed by atoms with Crippen LogP contribution in [-0.2, 0) is 20.8 Å². The van der Waals surface area contributed by atoms with E-state index in [-0.39, 0.29) is 47.4 Å². The summed E-state index contributed by atoms with van der Waals surface area (Å²) in [6.07, 6.45) is 9.49. The van der Waals surface area contributed by atoms with E-state index in [0.717, 1.165) is 76.9 Å². The highest BCUT2D eigenvalue weighted by Crippen LogP contribution is 2.37. The molecule has 2 N–H and O–H groups in total. The van der Waals surface area contributed by atoms with Crippen molar-refractivity contribution in [2.75, 3.05) is 26.3 Å². The van der Waals surface area contributed by atoms with Crippen LogP contribution in [0.2, 0.25) is 5.02 Å². The Hall–Kier alpha value is -2.48. The third-order valence-corrected chi connectivity index (χ3v) is 6.51. The summed E-state index contributed by atoms with van der Waals surface area (Å²) < 4.78 is 5.34. The highest BCUT2D eigenvalue weighted by molar-refractivity contribution is 6.33. The van der Waals surface area contributed by atoms with Crippen molar-refractivity contribution in [2.45, 2.75) is 70.6 Å². The van der Waals surface area contributed by atoms with Crippen LogP contribution in [0.3, 0.4) is 0 Å². The van der Waals surface area contributed by atoms with E-state index in [9.17, 15) is 19.8 Å². The van der Waals surface area contributed by atoms with Crippen LogP contribution in [0.1, 0.15) is 80.1 Å². The lowest BCUT2D eigenvalue weighted by atomic mass is 9.97. The van der Waals surface area contributed by atoms with Crippen LogP contribution < -0.4 is 0 Å². The van der Waals surface area contributed by atoms with E-state index in [1.54, 1.807) is 4.90 Å². The zero-order chi connectivity index (χ0) is 23.6. The summed E-state index contributed by atoms with van der Waals surface area (Å²) in [5.74, 6) is -1.52. The Kier molecular flexibility index (Phi) is 9.66. The molecule has 2 aliphatic rings. The van der Waals surface area contributed by atoms with Crippen LogP contribution in [0.5, 0.6) is 11.5 Å². The quantitative estimate of drug-likeness (QED) is 0.484. The molecule has 0 saturated carbocycles. The monoisotopic (exact) mass is 480 g/mol. The molecule has 1 saturated heterocycles. The van der Waals surface area contributed by atoms with Gasteiger partial charge in [-0.3, -0.25) is 4.79 Å². The fraction of sp³-hybridized carbons (Fsp3) is 0.625. The summed E-state index contributed by atoms with van der Waals surface area (Å²) in [5.41, 5.74) is 0.743. The van der Waals surface area contributed by atoms with Gasteiger partial charge in [-0.05, 0) is 44.1 Å². The topological polar surface area (TPSA) is 109 Å². The number of ether oxygens (including phenoxy) is 1. The van der Waals surface area contributed by atoms with Gasteiger partial charge in [-0.15, -0.1) is 0 Å². The molecule has 1 fully saturated rings. The van der Waals surface area contributed by atoms with Crippen LogP contribution in [-0.4, -0.2) is 59.0 Å². The normalized spacial score (nSPS) is 20.0. The summed E-state index contributed by atoms with van der Waals surface area (Å²) in [5, 5.41) is 24.7. The van der Waals surface area contributed by atoms with Gasteiger partial charge in [0.15, 0.2) is 6.61 Å². The SMILES string of the molecule is O=C1OCCCCCCCC/C(=N/OCC(=O)N2CCCCC2)Cc2c(Cl)c(O)cc(O)c21. The fourth-order valence-corrected chi connectivity index (χ4v) is 4.45. The van der Waals surface area contributed by atoms with Crippen LogP contribution in [0.4, 0.5) is 0 Å². The number of carbonyl (C=O) groups is 2. The second kappa shape index (κ2) is 12.7. The number of piperidine rings is 1. The molecule has 1 aromatic rings. The number of fused-ring (bicyclic) bond motifs is 1. The van der Waals surface area contributed by atoms with E-state index in [2.05, 4.69) is 5.16 Å². The van der Waals surface area contributed by atoms with E-state index < -0.39 is 11.7 Å². The number of rotatable bonds is 3. The molecule has 0 radical (unpaired) electrons. The molecule has 33 heavy (non-hydrogen) atoms. The molecule has 0 bridgehead atoms. The van der Waals surface area contributed by atoms with Crippen molar-refractivity contribution < 1.29 is 29.4 Å². The van der Waals surface area contributed by atoms with Gasteiger partial charge in [0.05, 0.1) is 17.3 Å². The summed E-state index contributed by atoms with van der Waals surface area (Å²) >= 11 is 6.33. The predicted octanol–water partition coefficient (Wildman–Crippen LogP) is 4.58. The van der Waals surface area contributed by atoms with E-state index >= 15 is 0 Å². The van der Waals surface area contributed by atoms with E-state index in [4.69, 9.17) is 21.2 Å². The number of aromatic hydroxyl groups is 2. The number of oxime groups is 1. The van der Waals surface area contributed by atoms with Crippen LogP contribution in [0.15, 0.2) is 11.2 Å². The number of hydrogen-bond donors (Lipinski definition) is 2. The molecule has 0 spiro atoms. The molecule has 0 aliphatic carbocycles. The Morgan fingerprint density at radius 3 is 2.45 bits per heavy atom. The average Bonchev–Trinajstić information content (AvgIpc) is 2.80. The Morgan fingerprint density at radius 2 is 1.70 bits per heavy atom. The predicted molar refractivity (Wildman–Crippen MR) is 125 cm³/mol. The number of nitrogens with zero attached hydrogens (tertiary/aromatic N) is 2. The van der Waals surface area contributed by atoms with Gasteiger partial charge in [0.2, 0.25) is 0 Å². The molecular formula is C24H33ClN2O6. The van der Waals surface area contributed by atoms with E-state index in [1.807, 2.05) is 0 Å². The molecule has 1 amide bonds. The minimum absolute atomic E-state index is 0.0380. The van der Waals surface area contributed by atoms with Crippen molar-refractivity contribution >= 4 is 29.2 Å². The first-order valence-electron chi connectivity index (χ1n) is 11.8. The molecule has 0 atom stereocenters. The molecule has 1 aromatic carbocycles.